The minimum Gasteiger partial charge on any atom is -0.281 e. The molecule has 2 N–H and O–H groups in total. The molecular weight excluding hydrogens is 377 g/mol. The number of aromatic nitrogens is 2. The second-order valence-corrected chi connectivity index (χ2v) is 7.09. The van der Waals surface area contributed by atoms with Gasteiger partial charge in [-0.3, -0.25) is 9.82 Å². The van der Waals surface area contributed by atoms with Gasteiger partial charge in [-0.15, -0.1) is 0 Å². The lowest BCUT2D eigenvalue weighted by atomic mass is 10.4. The van der Waals surface area contributed by atoms with Crippen molar-refractivity contribution in [3.05, 3.63) is 38.4 Å². The zero-order valence-corrected chi connectivity index (χ0v) is 13.5. The van der Waals surface area contributed by atoms with E-state index in [2.05, 4.69) is 30.8 Å². The maximum absolute atomic E-state index is 12.2. The molecule has 1 heterocycles. The third-order valence-electron chi connectivity index (χ3n) is 2.18. The maximum atomic E-state index is 12.2. The van der Waals surface area contributed by atoms with Gasteiger partial charge in [0.1, 0.15) is 4.90 Å². The lowest BCUT2D eigenvalue weighted by Crippen LogP contribution is -2.14. The quantitative estimate of drug-likeness (QED) is 0.848. The van der Waals surface area contributed by atoms with Crippen LogP contribution in [0.1, 0.15) is 5.69 Å². The number of hydrogen-bond donors (Lipinski definition) is 2. The van der Waals surface area contributed by atoms with Crippen LogP contribution in [0.25, 0.3) is 0 Å². The third kappa shape index (κ3) is 3.22. The summed E-state index contributed by atoms with van der Waals surface area (Å²) in [6, 6.07) is 4.47. The Morgan fingerprint density at radius 2 is 1.84 bits per heavy atom. The zero-order valence-electron chi connectivity index (χ0n) is 9.54. The molecule has 0 atom stereocenters. The number of halogens is 3. The summed E-state index contributed by atoms with van der Waals surface area (Å²) < 4.78 is 27.3. The summed E-state index contributed by atoms with van der Waals surface area (Å²) in [5, 5.41) is 6.48. The van der Waals surface area contributed by atoms with Crippen molar-refractivity contribution in [2.45, 2.75) is 11.8 Å². The van der Waals surface area contributed by atoms with Crippen LogP contribution in [-0.2, 0) is 10.0 Å². The molecule has 0 bridgehead atoms. The van der Waals surface area contributed by atoms with Crippen LogP contribution in [0.15, 0.2) is 27.6 Å². The molecule has 5 nitrogen and oxygen atoms in total. The van der Waals surface area contributed by atoms with E-state index in [1.54, 1.807) is 13.0 Å². The Kier molecular flexibility index (Phi) is 4.10. The highest BCUT2D eigenvalue weighted by atomic mass is 79.9. The second-order valence-electron chi connectivity index (χ2n) is 3.74. The fourth-order valence-corrected chi connectivity index (χ4v) is 4.38. The monoisotopic (exact) mass is 383 g/mol. The molecular formula is C10H8BrCl2N3O2S. The van der Waals surface area contributed by atoms with E-state index >= 15 is 0 Å². The van der Waals surface area contributed by atoms with Gasteiger partial charge in [0.05, 0.1) is 10.0 Å². The molecule has 0 fully saturated rings. The van der Waals surface area contributed by atoms with Gasteiger partial charge >= 0.3 is 0 Å². The number of nitrogens with one attached hydrogen (secondary N) is 2. The van der Waals surface area contributed by atoms with Gasteiger partial charge in [0.2, 0.25) is 0 Å². The first kappa shape index (κ1) is 14.6. The Balaban J connectivity index is 2.45. The average molecular weight is 385 g/mol. The molecule has 0 aliphatic carbocycles. The first-order valence-electron chi connectivity index (χ1n) is 4.99. The van der Waals surface area contributed by atoms with Crippen LogP contribution in [0.3, 0.4) is 0 Å². The van der Waals surface area contributed by atoms with Crippen molar-refractivity contribution in [3.63, 3.8) is 0 Å². The van der Waals surface area contributed by atoms with Gasteiger partial charge in [0.25, 0.3) is 10.0 Å². The van der Waals surface area contributed by atoms with Crippen LogP contribution in [0.4, 0.5) is 5.82 Å². The smallest absolute Gasteiger partial charge is 0.266 e. The Bertz CT molecular complexity index is 707. The van der Waals surface area contributed by atoms with Crippen LogP contribution in [0.2, 0.25) is 10.0 Å². The predicted octanol–water partition coefficient (Wildman–Crippen LogP) is 3.59. The van der Waals surface area contributed by atoms with Gasteiger partial charge in [-0.25, -0.2) is 8.42 Å². The van der Waals surface area contributed by atoms with Gasteiger partial charge in [0, 0.05) is 16.2 Å². The largest absolute Gasteiger partial charge is 0.281 e. The molecule has 2 rings (SSSR count). The molecule has 0 spiro atoms. The van der Waals surface area contributed by atoms with Crippen molar-refractivity contribution < 1.29 is 8.42 Å². The molecule has 0 unspecified atom stereocenters. The molecule has 0 saturated carbocycles. The summed E-state index contributed by atoms with van der Waals surface area (Å²) in [6.45, 7) is 1.75. The van der Waals surface area contributed by atoms with Crippen LogP contribution < -0.4 is 4.72 Å². The molecule has 1 aromatic heterocycles. The van der Waals surface area contributed by atoms with Crippen molar-refractivity contribution in [1.29, 1.82) is 0 Å². The van der Waals surface area contributed by atoms with E-state index < -0.39 is 10.0 Å². The van der Waals surface area contributed by atoms with E-state index in [0.717, 1.165) is 5.69 Å². The average Bonchev–Trinajstić information content (AvgIpc) is 2.60. The summed E-state index contributed by atoms with van der Waals surface area (Å²) in [5.74, 6) is 0.174. The number of nitrogens with zero attached hydrogens (tertiary/aromatic N) is 1. The summed E-state index contributed by atoms with van der Waals surface area (Å²) >= 11 is 15.0. The maximum Gasteiger partial charge on any atom is 0.266 e. The lowest BCUT2D eigenvalue weighted by molar-refractivity contribution is 0.601. The zero-order chi connectivity index (χ0) is 14.2. The number of sulfonamides is 1. The molecule has 0 aliphatic heterocycles. The highest BCUT2D eigenvalue weighted by Crippen LogP contribution is 2.33. The summed E-state index contributed by atoms with van der Waals surface area (Å²) in [5.41, 5.74) is 0.728. The van der Waals surface area contributed by atoms with Gasteiger partial charge < -0.3 is 0 Å². The predicted molar refractivity (Wildman–Crippen MR) is 78.3 cm³/mol. The van der Waals surface area contributed by atoms with Crippen molar-refractivity contribution in [2.75, 3.05) is 4.72 Å². The van der Waals surface area contributed by atoms with Crippen LogP contribution >= 0.6 is 39.1 Å². The molecule has 0 aliphatic rings. The van der Waals surface area contributed by atoms with E-state index in [-0.39, 0.29) is 20.8 Å². The van der Waals surface area contributed by atoms with Crippen LogP contribution in [0, 0.1) is 6.92 Å². The normalized spacial score (nSPS) is 11.6. The number of aryl methyl sites for hydroxylation is 1. The first-order chi connectivity index (χ1) is 8.79. The molecule has 0 amide bonds. The summed E-state index contributed by atoms with van der Waals surface area (Å²) in [7, 11) is -3.90. The molecule has 0 saturated heterocycles. The minimum absolute atomic E-state index is 0.0270. The highest BCUT2D eigenvalue weighted by molar-refractivity contribution is 9.10. The lowest BCUT2D eigenvalue weighted by Gasteiger charge is -2.09. The Labute approximate surface area is 128 Å². The molecule has 102 valence electrons. The highest BCUT2D eigenvalue weighted by Gasteiger charge is 2.23. The van der Waals surface area contributed by atoms with Crippen LogP contribution in [0.5, 0.6) is 0 Å². The number of benzene rings is 1. The standard InChI is InChI=1S/C10H8BrCl2N3O2S/c1-5-2-9(15-14-5)16-19(17,18)10-7(12)3-6(11)4-8(10)13/h2-4H,1H3,(H2,14,15,16). The van der Waals surface area contributed by atoms with Gasteiger partial charge in [0.15, 0.2) is 5.82 Å². The van der Waals surface area contributed by atoms with Gasteiger partial charge in [-0.2, -0.15) is 5.10 Å². The van der Waals surface area contributed by atoms with Gasteiger partial charge in [-0.05, 0) is 19.1 Å². The van der Waals surface area contributed by atoms with Crippen molar-refractivity contribution in [3.8, 4) is 0 Å². The van der Waals surface area contributed by atoms with E-state index in [1.807, 2.05) is 0 Å². The summed E-state index contributed by atoms with van der Waals surface area (Å²) in [4.78, 5) is -0.181. The van der Waals surface area contributed by atoms with E-state index in [0.29, 0.717) is 4.47 Å². The molecule has 0 radical (unpaired) electrons. The molecule has 1 aromatic carbocycles. The molecule has 9 heteroatoms. The SMILES string of the molecule is Cc1cc(NS(=O)(=O)c2c(Cl)cc(Br)cc2Cl)n[nH]1. The summed E-state index contributed by atoms with van der Waals surface area (Å²) in [6.07, 6.45) is 0. The van der Waals surface area contributed by atoms with E-state index in [9.17, 15) is 8.42 Å². The fourth-order valence-electron chi connectivity index (χ4n) is 1.44. The van der Waals surface area contributed by atoms with Crippen molar-refractivity contribution in [2.24, 2.45) is 0 Å². The number of anilines is 1. The number of aromatic amines is 1. The Morgan fingerprint density at radius 1 is 1.26 bits per heavy atom. The number of H-pyrrole nitrogens is 1. The number of rotatable bonds is 3. The molecule has 2 aromatic rings. The van der Waals surface area contributed by atoms with Crippen LogP contribution in [-0.4, -0.2) is 18.6 Å². The Hall–Kier alpha value is -0.760. The van der Waals surface area contributed by atoms with Crippen molar-refractivity contribution in [1.82, 2.24) is 10.2 Å². The minimum atomic E-state index is -3.90. The topological polar surface area (TPSA) is 74.8 Å². The van der Waals surface area contributed by atoms with Gasteiger partial charge in [-0.1, -0.05) is 39.1 Å². The first-order valence-corrected chi connectivity index (χ1v) is 8.02. The van der Waals surface area contributed by atoms with E-state index in [1.165, 1.54) is 12.1 Å². The second kappa shape index (κ2) is 5.32. The number of hydrogen-bond acceptors (Lipinski definition) is 3. The van der Waals surface area contributed by atoms with E-state index in [4.69, 9.17) is 23.2 Å². The fraction of sp³-hybridized carbons (Fsp3) is 0.100. The third-order valence-corrected chi connectivity index (χ3v) is 4.91. The van der Waals surface area contributed by atoms with Crippen molar-refractivity contribution >= 4 is 55.0 Å². The Morgan fingerprint density at radius 3 is 2.32 bits per heavy atom. The molecule has 19 heavy (non-hydrogen) atoms.